The second-order valence-corrected chi connectivity index (χ2v) is 10.3. The minimum atomic E-state index is -0.366. The number of thiazole rings is 1. The van der Waals surface area contributed by atoms with Crippen LogP contribution in [0.25, 0.3) is 11.3 Å². The van der Waals surface area contributed by atoms with Gasteiger partial charge in [-0.2, -0.15) is 0 Å². The highest BCUT2D eigenvalue weighted by Crippen LogP contribution is 2.31. The number of hydrogen-bond donors (Lipinski definition) is 1. The van der Waals surface area contributed by atoms with Gasteiger partial charge in [-0.3, -0.25) is 9.36 Å². The molecule has 0 aliphatic carbocycles. The summed E-state index contributed by atoms with van der Waals surface area (Å²) in [7, 11) is 0. The highest BCUT2D eigenvalue weighted by Gasteiger charge is 2.27. The van der Waals surface area contributed by atoms with Crippen LogP contribution < -0.4 is 15.4 Å². The zero-order chi connectivity index (χ0) is 24.7. The van der Waals surface area contributed by atoms with Gasteiger partial charge in [-0.25, -0.2) is 9.98 Å². The van der Waals surface area contributed by atoms with Gasteiger partial charge in [0.15, 0.2) is 4.80 Å². The maximum atomic E-state index is 13.0. The number of amides is 1. The predicted octanol–water partition coefficient (Wildman–Crippen LogP) is 5.03. The number of aromatic hydroxyl groups is 1. The van der Waals surface area contributed by atoms with Gasteiger partial charge in [0.1, 0.15) is 4.88 Å². The van der Waals surface area contributed by atoms with Crippen molar-refractivity contribution < 1.29 is 9.90 Å². The molecule has 35 heavy (non-hydrogen) atoms. The molecular formula is C28H24BrN3O2S. The van der Waals surface area contributed by atoms with Crippen molar-refractivity contribution >= 4 is 44.4 Å². The number of benzene rings is 3. The van der Waals surface area contributed by atoms with E-state index in [2.05, 4.69) is 46.9 Å². The smallest absolute Gasteiger partial charge is 0.279 e. The van der Waals surface area contributed by atoms with Crippen molar-refractivity contribution in [3.05, 3.63) is 102 Å². The Balaban J connectivity index is 1.80. The van der Waals surface area contributed by atoms with Crippen LogP contribution in [0.5, 0.6) is 5.88 Å². The molecule has 1 aromatic heterocycles. The van der Waals surface area contributed by atoms with Crippen LogP contribution in [-0.2, 0) is 17.6 Å². The number of carbonyl (C=O) groups is 1. The molecule has 0 radical (unpaired) electrons. The van der Waals surface area contributed by atoms with Crippen LogP contribution in [-0.4, -0.2) is 15.6 Å². The summed E-state index contributed by atoms with van der Waals surface area (Å²) >= 11 is 4.81. The first kappa shape index (κ1) is 23.5. The van der Waals surface area contributed by atoms with Gasteiger partial charge in [0.2, 0.25) is 5.88 Å². The van der Waals surface area contributed by atoms with E-state index in [0.717, 1.165) is 34.3 Å². The fourth-order valence-corrected chi connectivity index (χ4v) is 5.93. The van der Waals surface area contributed by atoms with Crippen LogP contribution in [0.1, 0.15) is 35.4 Å². The molecule has 5 nitrogen and oxygen atoms in total. The molecular weight excluding hydrogens is 522 g/mol. The molecule has 0 saturated heterocycles. The Morgan fingerprint density at radius 2 is 1.63 bits per heavy atom. The summed E-state index contributed by atoms with van der Waals surface area (Å²) in [6, 6.07) is 19.9. The summed E-state index contributed by atoms with van der Waals surface area (Å²) in [5.41, 5.74) is 5.38. The molecule has 1 amide bonds. The van der Waals surface area contributed by atoms with E-state index in [0.29, 0.717) is 25.8 Å². The van der Waals surface area contributed by atoms with E-state index in [1.807, 2.05) is 55.5 Å². The third kappa shape index (κ3) is 4.30. The summed E-state index contributed by atoms with van der Waals surface area (Å²) in [6.45, 7) is 6.19. The van der Waals surface area contributed by atoms with E-state index < -0.39 is 0 Å². The highest BCUT2D eigenvalue weighted by atomic mass is 79.9. The summed E-state index contributed by atoms with van der Waals surface area (Å²) in [4.78, 5) is 23.2. The molecule has 1 aliphatic heterocycles. The molecule has 5 rings (SSSR count). The fourth-order valence-electron chi connectivity index (χ4n) is 4.17. The first-order valence-electron chi connectivity index (χ1n) is 11.5. The SMILES string of the molecule is CCc1ccc(N=c2sc(C3=c4cc(C)cc(Br)c4=NC3=O)c(O)n2-c2ccc(CC)cc2)cc1. The molecule has 4 aromatic rings. The summed E-state index contributed by atoms with van der Waals surface area (Å²) in [5.74, 6) is -0.387. The van der Waals surface area contributed by atoms with E-state index in [4.69, 9.17) is 4.99 Å². The van der Waals surface area contributed by atoms with Crippen LogP contribution in [0.15, 0.2) is 75.1 Å². The maximum absolute atomic E-state index is 13.0. The van der Waals surface area contributed by atoms with Crippen LogP contribution in [0.3, 0.4) is 0 Å². The third-order valence-corrected chi connectivity index (χ3v) is 7.75. The topological polar surface area (TPSA) is 66.9 Å². The predicted molar refractivity (Wildman–Crippen MR) is 143 cm³/mol. The summed E-state index contributed by atoms with van der Waals surface area (Å²) < 4.78 is 2.46. The normalized spacial score (nSPS) is 13.3. The molecule has 0 unspecified atom stereocenters. The lowest BCUT2D eigenvalue weighted by Crippen LogP contribution is -2.25. The first-order chi connectivity index (χ1) is 16.9. The van der Waals surface area contributed by atoms with E-state index in [9.17, 15) is 9.90 Å². The maximum Gasteiger partial charge on any atom is 0.279 e. The molecule has 0 bridgehead atoms. The minimum absolute atomic E-state index is 0.0211. The van der Waals surface area contributed by atoms with Crippen molar-refractivity contribution in [1.29, 1.82) is 0 Å². The Morgan fingerprint density at radius 3 is 2.26 bits per heavy atom. The van der Waals surface area contributed by atoms with E-state index in [-0.39, 0.29) is 11.8 Å². The van der Waals surface area contributed by atoms with Gasteiger partial charge in [0.25, 0.3) is 5.91 Å². The number of halogens is 1. The van der Waals surface area contributed by atoms with Gasteiger partial charge in [0, 0.05) is 9.69 Å². The zero-order valence-corrected chi connectivity index (χ0v) is 22.1. The van der Waals surface area contributed by atoms with Crippen molar-refractivity contribution in [2.24, 2.45) is 9.98 Å². The van der Waals surface area contributed by atoms with Crippen molar-refractivity contribution in [3.8, 4) is 11.6 Å². The van der Waals surface area contributed by atoms with Gasteiger partial charge < -0.3 is 5.11 Å². The van der Waals surface area contributed by atoms with Crippen LogP contribution in [0.2, 0.25) is 0 Å². The van der Waals surface area contributed by atoms with Crippen LogP contribution >= 0.6 is 27.3 Å². The third-order valence-electron chi connectivity index (χ3n) is 6.10. The van der Waals surface area contributed by atoms with Gasteiger partial charge in [-0.05, 0) is 88.8 Å². The highest BCUT2D eigenvalue weighted by molar-refractivity contribution is 9.10. The van der Waals surface area contributed by atoms with Crippen molar-refractivity contribution in [2.45, 2.75) is 33.6 Å². The summed E-state index contributed by atoms with van der Waals surface area (Å²) in [6.07, 6.45) is 1.87. The molecule has 0 atom stereocenters. The van der Waals surface area contributed by atoms with Crippen molar-refractivity contribution in [3.63, 3.8) is 0 Å². The molecule has 0 saturated carbocycles. The monoisotopic (exact) mass is 545 g/mol. The van der Waals surface area contributed by atoms with Crippen LogP contribution in [0.4, 0.5) is 5.69 Å². The number of aromatic nitrogens is 1. The molecule has 2 heterocycles. The number of carbonyl (C=O) groups excluding carboxylic acids is 1. The lowest BCUT2D eigenvalue weighted by molar-refractivity contribution is -0.112. The fraction of sp³-hybridized carbons (Fsp3) is 0.179. The summed E-state index contributed by atoms with van der Waals surface area (Å²) in [5, 5.41) is 12.8. The van der Waals surface area contributed by atoms with E-state index in [1.54, 1.807) is 4.57 Å². The Labute approximate surface area is 215 Å². The van der Waals surface area contributed by atoms with Crippen molar-refractivity contribution in [2.75, 3.05) is 0 Å². The van der Waals surface area contributed by atoms with Crippen LogP contribution in [0, 0.1) is 6.92 Å². The lowest BCUT2D eigenvalue weighted by atomic mass is 10.1. The zero-order valence-electron chi connectivity index (χ0n) is 19.7. The first-order valence-corrected chi connectivity index (χ1v) is 13.1. The average Bonchev–Trinajstić information content (AvgIpc) is 3.35. The number of rotatable bonds is 5. The quantitative estimate of drug-likeness (QED) is 0.382. The van der Waals surface area contributed by atoms with Gasteiger partial charge in [-0.1, -0.05) is 49.4 Å². The molecule has 0 fully saturated rings. The lowest BCUT2D eigenvalue weighted by Gasteiger charge is -2.07. The Morgan fingerprint density at radius 1 is 1.00 bits per heavy atom. The number of fused-ring (bicyclic) bond motifs is 1. The Hall–Kier alpha value is -3.29. The van der Waals surface area contributed by atoms with Crippen molar-refractivity contribution in [1.82, 2.24) is 4.57 Å². The van der Waals surface area contributed by atoms with Gasteiger partial charge in [-0.15, -0.1) is 0 Å². The molecule has 176 valence electrons. The van der Waals surface area contributed by atoms with Gasteiger partial charge >= 0.3 is 0 Å². The molecule has 1 aliphatic rings. The minimum Gasteiger partial charge on any atom is -0.493 e. The average molecular weight is 546 g/mol. The largest absolute Gasteiger partial charge is 0.493 e. The Bertz CT molecular complexity index is 1650. The molecule has 3 aromatic carbocycles. The molecule has 7 heteroatoms. The number of nitrogens with zero attached hydrogens (tertiary/aromatic N) is 3. The second kappa shape index (κ2) is 9.40. The number of aryl methyl sites for hydroxylation is 3. The molecule has 0 spiro atoms. The van der Waals surface area contributed by atoms with E-state index in [1.165, 1.54) is 22.5 Å². The van der Waals surface area contributed by atoms with E-state index >= 15 is 0 Å². The van der Waals surface area contributed by atoms with Gasteiger partial charge in [0.05, 0.1) is 22.3 Å². The standard InChI is InChI=1S/C28H24BrN3O2S/c1-4-17-6-10-19(11-7-17)30-28-32(20-12-8-18(5-2)9-13-20)27(34)25(35-28)23-21-14-16(3)15-22(29)24(21)31-26(23)33/h6-15,34H,4-5H2,1-3H3. The Kier molecular flexibility index (Phi) is 6.30. The molecule has 1 N–H and O–H groups in total. The second-order valence-electron chi connectivity index (χ2n) is 8.46. The number of hydrogen-bond acceptors (Lipinski definition) is 4.